The van der Waals surface area contributed by atoms with Gasteiger partial charge in [-0.15, -0.1) is 0 Å². The van der Waals surface area contributed by atoms with Crippen LogP contribution in [0.15, 0.2) is 12.1 Å². The second kappa shape index (κ2) is 4.68. The fraction of sp³-hybridized carbons (Fsp3) is 0.333. The third-order valence-electron chi connectivity index (χ3n) is 2.31. The van der Waals surface area contributed by atoms with Gasteiger partial charge in [-0.25, -0.2) is 4.98 Å². The second-order valence-electron chi connectivity index (χ2n) is 4.96. The number of carbonyl (C=O) groups excluding carboxylic acids is 1. The van der Waals surface area contributed by atoms with Gasteiger partial charge in [0.15, 0.2) is 5.13 Å². The monoisotopic (exact) mass is 302 g/mol. The summed E-state index contributed by atoms with van der Waals surface area (Å²) in [5.74, 6) is -0.0798. The molecule has 0 atom stereocenters. The molecule has 6 heteroatoms. The van der Waals surface area contributed by atoms with E-state index < -0.39 is 5.41 Å². The number of benzene rings is 1. The molecule has 0 aliphatic rings. The van der Waals surface area contributed by atoms with Gasteiger partial charge in [0, 0.05) is 10.4 Å². The van der Waals surface area contributed by atoms with Crippen molar-refractivity contribution >= 4 is 55.8 Å². The molecule has 2 aromatic rings. The van der Waals surface area contributed by atoms with Crippen LogP contribution in [0.4, 0.5) is 5.13 Å². The van der Waals surface area contributed by atoms with Crippen LogP contribution in [0.25, 0.3) is 10.2 Å². The van der Waals surface area contributed by atoms with E-state index in [9.17, 15) is 4.79 Å². The van der Waals surface area contributed by atoms with E-state index in [2.05, 4.69) is 10.3 Å². The Morgan fingerprint density at radius 2 is 2.00 bits per heavy atom. The predicted octanol–water partition coefficient (Wildman–Crippen LogP) is 4.59. The number of amides is 1. The van der Waals surface area contributed by atoms with E-state index in [1.54, 1.807) is 12.1 Å². The first kappa shape index (κ1) is 13.6. The van der Waals surface area contributed by atoms with Crippen molar-refractivity contribution in [2.24, 2.45) is 5.41 Å². The van der Waals surface area contributed by atoms with Gasteiger partial charge in [0.05, 0.1) is 9.72 Å². The lowest BCUT2D eigenvalue weighted by atomic mass is 9.96. The topological polar surface area (TPSA) is 42.0 Å². The number of halogens is 2. The van der Waals surface area contributed by atoms with Crippen molar-refractivity contribution in [2.45, 2.75) is 20.8 Å². The minimum absolute atomic E-state index is 0.0798. The lowest BCUT2D eigenvalue weighted by Crippen LogP contribution is -2.27. The fourth-order valence-corrected chi connectivity index (χ4v) is 2.88. The number of fused-ring (bicyclic) bond motifs is 1. The van der Waals surface area contributed by atoms with Gasteiger partial charge >= 0.3 is 0 Å². The average Bonchev–Trinajstić information content (AvgIpc) is 2.58. The molecule has 1 N–H and O–H groups in total. The van der Waals surface area contributed by atoms with Crippen molar-refractivity contribution in [3.63, 3.8) is 0 Å². The Labute approximate surface area is 119 Å². The van der Waals surface area contributed by atoms with Gasteiger partial charge in [-0.1, -0.05) is 55.3 Å². The van der Waals surface area contributed by atoms with E-state index in [0.717, 1.165) is 4.70 Å². The van der Waals surface area contributed by atoms with Gasteiger partial charge < -0.3 is 5.32 Å². The van der Waals surface area contributed by atoms with E-state index in [4.69, 9.17) is 23.2 Å². The van der Waals surface area contributed by atoms with Crippen molar-refractivity contribution in [1.29, 1.82) is 0 Å². The lowest BCUT2D eigenvalue weighted by Gasteiger charge is -2.15. The molecule has 0 fully saturated rings. The van der Waals surface area contributed by atoms with Crippen molar-refractivity contribution in [3.8, 4) is 0 Å². The average molecular weight is 303 g/mol. The zero-order chi connectivity index (χ0) is 13.5. The SMILES string of the molecule is CC(C)(C)C(=O)Nc1nc2c(Cl)cc(Cl)cc2s1. The van der Waals surface area contributed by atoms with Crippen molar-refractivity contribution in [2.75, 3.05) is 5.32 Å². The number of anilines is 1. The Kier molecular flexibility index (Phi) is 3.54. The Balaban J connectivity index is 2.37. The van der Waals surface area contributed by atoms with Crippen LogP contribution in [-0.2, 0) is 4.79 Å². The summed E-state index contributed by atoms with van der Waals surface area (Å²) < 4.78 is 0.858. The Morgan fingerprint density at radius 3 is 2.61 bits per heavy atom. The second-order valence-corrected chi connectivity index (χ2v) is 6.83. The van der Waals surface area contributed by atoms with Crippen molar-refractivity contribution < 1.29 is 4.79 Å². The van der Waals surface area contributed by atoms with E-state index in [1.165, 1.54) is 11.3 Å². The van der Waals surface area contributed by atoms with Crippen LogP contribution >= 0.6 is 34.5 Å². The van der Waals surface area contributed by atoms with Gasteiger partial charge in [0.2, 0.25) is 5.91 Å². The van der Waals surface area contributed by atoms with Gasteiger partial charge in [0.1, 0.15) is 5.52 Å². The molecular weight excluding hydrogens is 291 g/mol. The number of nitrogens with zero attached hydrogens (tertiary/aromatic N) is 1. The van der Waals surface area contributed by atoms with Gasteiger partial charge in [-0.2, -0.15) is 0 Å². The Morgan fingerprint density at radius 1 is 1.33 bits per heavy atom. The highest BCUT2D eigenvalue weighted by atomic mass is 35.5. The molecule has 0 saturated carbocycles. The summed E-state index contributed by atoms with van der Waals surface area (Å²) in [6.07, 6.45) is 0. The molecule has 0 bridgehead atoms. The first-order chi connectivity index (χ1) is 8.27. The molecule has 1 aromatic heterocycles. The summed E-state index contributed by atoms with van der Waals surface area (Å²) >= 11 is 13.3. The summed E-state index contributed by atoms with van der Waals surface area (Å²) in [4.78, 5) is 16.2. The minimum Gasteiger partial charge on any atom is -0.301 e. The first-order valence-electron chi connectivity index (χ1n) is 5.34. The maximum atomic E-state index is 11.9. The molecule has 0 unspecified atom stereocenters. The normalized spacial score (nSPS) is 11.8. The largest absolute Gasteiger partial charge is 0.301 e. The summed E-state index contributed by atoms with van der Waals surface area (Å²) in [5, 5.41) is 4.37. The molecule has 0 aliphatic carbocycles. The quantitative estimate of drug-likeness (QED) is 0.837. The number of rotatable bonds is 1. The molecule has 2 rings (SSSR count). The van der Waals surface area contributed by atoms with Crippen LogP contribution in [0.5, 0.6) is 0 Å². The van der Waals surface area contributed by atoms with E-state index in [1.807, 2.05) is 20.8 Å². The molecule has 1 heterocycles. The van der Waals surface area contributed by atoms with Crippen LogP contribution in [0.1, 0.15) is 20.8 Å². The van der Waals surface area contributed by atoms with Crippen LogP contribution in [0.3, 0.4) is 0 Å². The zero-order valence-corrected chi connectivity index (χ0v) is 12.5. The Hall–Kier alpha value is -0.840. The number of nitrogens with one attached hydrogen (secondary N) is 1. The summed E-state index contributed by atoms with van der Waals surface area (Å²) in [5.41, 5.74) is 0.203. The molecule has 0 spiro atoms. The minimum atomic E-state index is -0.459. The maximum absolute atomic E-state index is 11.9. The third kappa shape index (κ3) is 2.76. The summed E-state index contributed by atoms with van der Waals surface area (Å²) in [7, 11) is 0. The van der Waals surface area contributed by atoms with E-state index in [0.29, 0.717) is 20.7 Å². The fourth-order valence-electron chi connectivity index (χ4n) is 1.30. The molecule has 0 saturated heterocycles. The summed E-state index contributed by atoms with van der Waals surface area (Å²) in [6.45, 7) is 5.54. The number of carbonyl (C=O) groups is 1. The van der Waals surface area contributed by atoms with Crippen LogP contribution < -0.4 is 5.32 Å². The highest BCUT2D eigenvalue weighted by Gasteiger charge is 2.22. The summed E-state index contributed by atoms with van der Waals surface area (Å²) in [6, 6.07) is 3.42. The first-order valence-corrected chi connectivity index (χ1v) is 6.91. The molecular formula is C12H12Cl2N2OS. The zero-order valence-electron chi connectivity index (χ0n) is 10.2. The smallest absolute Gasteiger partial charge is 0.231 e. The number of hydrogen-bond donors (Lipinski definition) is 1. The number of hydrogen-bond acceptors (Lipinski definition) is 3. The molecule has 96 valence electrons. The van der Waals surface area contributed by atoms with Gasteiger partial charge in [-0.05, 0) is 12.1 Å². The van der Waals surface area contributed by atoms with Gasteiger partial charge in [-0.3, -0.25) is 4.79 Å². The van der Waals surface area contributed by atoms with Gasteiger partial charge in [0.25, 0.3) is 0 Å². The number of thiazole rings is 1. The van der Waals surface area contributed by atoms with Crippen LogP contribution in [0, 0.1) is 5.41 Å². The maximum Gasteiger partial charge on any atom is 0.231 e. The highest BCUT2D eigenvalue weighted by molar-refractivity contribution is 7.22. The standard InChI is InChI=1S/C12H12Cl2N2OS/c1-12(2,3)10(17)16-11-15-9-7(14)4-6(13)5-8(9)18-11/h4-5H,1-3H3,(H,15,16,17). The van der Waals surface area contributed by atoms with Crippen LogP contribution in [-0.4, -0.2) is 10.9 Å². The highest BCUT2D eigenvalue weighted by Crippen LogP contribution is 2.34. The molecule has 0 radical (unpaired) electrons. The lowest BCUT2D eigenvalue weighted by molar-refractivity contribution is -0.123. The molecule has 1 amide bonds. The number of aromatic nitrogens is 1. The predicted molar refractivity (Wildman–Crippen MR) is 77.7 cm³/mol. The Bertz CT molecular complexity index is 616. The molecule has 3 nitrogen and oxygen atoms in total. The van der Waals surface area contributed by atoms with Crippen LogP contribution in [0.2, 0.25) is 10.0 Å². The van der Waals surface area contributed by atoms with Crippen molar-refractivity contribution in [3.05, 3.63) is 22.2 Å². The van der Waals surface area contributed by atoms with E-state index >= 15 is 0 Å². The van der Waals surface area contributed by atoms with Crippen molar-refractivity contribution in [1.82, 2.24) is 4.98 Å². The molecule has 0 aliphatic heterocycles. The third-order valence-corrected chi connectivity index (χ3v) is 3.74. The molecule has 18 heavy (non-hydrogen) atoms. The van der Waals surface area contributed by atoms with E-state index in [-0.39, 0.29) is 5.91 Å². The molecule has 1 aromatic carbocycles.